The van der Waals surface area contributed by atoms with E-state index in [1.54, 1.807) is 0 Å². The van der Waals surface area contributed by atoms with E-state index in [1.807, 2.05) is 0 Å². The van der Waals surface area contributed by atoms with Gasteiger partial charge in [-0.25, -0.2) is 8.42 Å². The molecule has 5 nitrogen and oxygen atoms in total. The van der Waals surface area contributed by atoms with E-state index < -0.39 is 26.4 Å². The summed E-state index contributed by atoms with van der Waals surface area (Å²) in [6, 6.07) is 1.18. The van der Waals surface area contributed by atoms with Gasteiger partial charge >= 0.3 is 0 Å². The van der Waals surface area contributed by atoms with E-state index in [-0.39, 0.29) is 23.9 Å². The van der Waals surface area contributed by atoms with Gasteiger partial charge in [0.15, 0.2) is 11.5 Å². The van der Waals surface area contributed by atoms with Gasteiger partial charge in [-0.3, -0.25) is 0 Å². The number of halogens is 2. The third kappa shape index (κ3) is 2.00. The van der Waals surface area contributed by atoms with Crippen LogP contribution >= 0.6 is 10.7 Å². The van der Waals surface area contributed by atoms with E-state index in [0.29, 0.717) is 0 Å². The molecule has 88 valence electrons. The lowest BCUT2D eigenvalue weighted by Crippen LogP contribution is -1.97. The minimum atomic E-state index is -3.88. The quantitative estimate of drug-likeness (QED) is 0.819. The van der Waals surface area contributed by atoms with Gasteiger partial charge in [0, 0.05) is 16.2 Å². The van der Waals surface area contributed by atoms with E-state index in [1.165, 1.54) is 6.07 Å². The fourth-order valence-electron chi connectivity index (χ4n) is 1.34. The molecule has 0 radical (unpaired) electrons. The molecule has 0 fully saturated rings. The average Bonchev–Trinajstić information content (AvgIpc) is 2.59. The van der Waals surface area contributed by atoms with Crippen LogP contribution in [0.2, 0.25) is 0 Å². The summed E-state index contributed by atoms with van der Waals surface area (Å²) in [5, 5.41) is 9.39. The van der Waals surface area contributed by atoms with Crippen molar-refractivity contribution in [2.45, 2.75) is 5.75 Å². The van der Waals surface area contributed by atoms with Crippen molar-refractivity contribution < 1.29 is 27.4 Å². The highest BCUT2D eigenvalue weighted by atomic mass is 35.7. The highest BCUT2D eigenvalue weighted by Crippen LogP contribution is 2.41. The molecular weight excluding hydrogens is 263 g/mol. The molecule has 0 spiro atoms. The van der Waals surface area contributed by atoms with Crippen molar-refractivity contribution in [1.29, 1.82) is 0 Å². The largest absolute Gasteiger partial charge is 0.505 e. The van der Waals surface area contributed by atoms with Crippen molar-refractivity contribution >= 4 is 19.7 Å². The molecule has 0 aromatic heterocycles. The number of ether oxygens (including phenoxy) is 2. The first kappa shape index (κ1) is 11.3. The molecule has 0 atom stereocenters. The van der Waals surface area contributed by atoms with Gasteiger partial charge < -0.3 is 14.6 Å². The van der Waals surface area contributed by atoms with Crippen molar-refractivity contribution in [3.8, 4) is 17.2 Å². The van der Waals surface area contributed by atoms with Crippen LogP contribution in [-0.4, -0.2) is 20.3 Å². The summed E-state index contributed by atoms with van der Waals surface area (Å²) in [6.45, 7) is -0.178. The second-order valence-electron chi connectivity index (χ2n) is 3.12. The zero-order valence-electron chi connectivity index (χ0n) is 7.74. The fraction of sp³-hybridized carbons (Fsp3) is 0.250. The number of aromatic hydroxyl groups is 1. The zero-order chi connectivity index (χ0) is 11.9. The van der Waals surface area contributed by atoms with Gasteiger partial charge in [0.05, 0.1) is 5.75 Å². The molecule has 1 aliphatic heterocycles. The predicted octanol–water partition coefficient (Wildman–Crippen LogP) is 1.33. The SMILES string of the molecule is O=S(=O)(Cl)Cc1cc2c(c(F)c1O)OCO2. The molecule has 0 aliphatic carbocycles. The van der Waals surface area contributed by atoms with Gasteiger partial charge in [0.2, 0.25) is 27.4 Å². The van der Waals surface area contributed by atoms with Crippen molar-refractivity contribution in [2.24, 2.45) is 0 Å². The molecule has 2 rings (SSSR count). The molecule has 1 aliphatic rings. The summed E-state index contributed by atoms with van der Waals surface area (Å²) in [7, 11) is 1.12. The van der Waals surface area contributed by atoms with Crippen LogP contribution in [0.5, 0.6) is 17.2 Å². The lowest BCUT2D eigenvalue weighted by Gasteiger charge is -2.06. The average molecular weight is 269 g/mol. The lowest BCUT2D eigenvalue weighted by molar-refractivity contribution is 0.170. The molecule has 1 aromatic carbocycles. The number of rotatable bonds is 2. The molecular formula is C8H6ClFO5S. The standard InChI is InChI=1S/C8H6ClFO5S/c9-16(12,13)2-4-1-5-8(15-3-14-5)6(10)7(4)11/h1,11H,2-3H2. The molecule has 16 heavy (non-hydrogen) atoms. The Morgan fingerprint density at radius 2 is 2.19 bits per heavy atom. The van der Waals surface area contributed by atoms with Crippen LogP contribution < -0.4 is 9.47 Å². The normalized spacial score (nSPS) is 14.1. The minimum absolute atomic E-state index is 0.0469. The van der Waals surface area contributed by atoms with E-state index in [0.717, 1.165) is 0 Å². The first-order valence-electron chi connectivity index (χ1n) is 4.11. The van der Waals surface area contributed by atoms with Crippen LogP contribution in [-0.2, 0) is 14.8 Å². The summed E-state index contributed by atoms with van der Waals surface area (Å²) in [5.74, 6) is -2.72. The summed E-state index contributed by atoms with van der Waals surface area (Å²) in [5.41, 5.74) is -0.170. The Labute approximate surface area is 94.8 Å². The molecule has 0 amide bonds. The number of hydrogen-bond acceptors (Lipinski definition) is 5. The molecule has 1 heterocycles. The molecule has 0 saturated heterocycles. The third-order valence-electron chi connectivity index (χ3n) is 1.99. The Balaban J connectivity index is 2.52. The number of phenols is 1. The van der Waals surface area contributed by atoms with Crippen molar-refractivity contribution in [3.63, 3.8) is 0 Å². The highest BCUT2D eigenvalue weighted by molar-refractivity contribution is 8.13. The molecule has 1 aromatic rings. The van der Waals surface area contributed by atoms with Gasteiger partial charge in [-0.05, 0) is 6.07 Å². The summed E-state index contributed by atoms with van der Waals surface area (Å²) < 4.78 is 44.7. The van der Waals surface area contributed by atoms with Crippen molar-refractivity contribution in [2.75, 3.05) is 6.79 Å². The van der Waals surface area contributed by atoms with Gasteiger partial charge in [0.25, 0.3) is 0 Å². The van der Waals surface area contributed by atoms with Crippen LogP contribution in [0.4, 0.5) is 4.39 Å². The van der Waals surface area contributed by atoms with Gasteiger partial charge in [0.1, 0.15) is 0 Å². The van der Waals surface area contributed by atoms with Gasteiger partial charge in [-0.1, -0.05) is 0 Å². The number of phenolic OH excluding ortho intramolecular Hbond substituents is 1. The Kier molecular flexibility index (Phi) is 2.59. The van der Waals surface area contributed by atoms with Crippen molar-refractivity contribution in [3.05, 3.63) is 17.4 Å². The first-order valence-corrected chi connectivity index (χ1v) is 6.58. The topological polar surface area (TPSA) is 72.8 Å². The number of hydrogen-bond donors (Lipinski definition) is 1. The third-order valence-corrected chi connectivity index (χ3v) is 2.97. The second kappa shape index (κ2) is 3.67. The van der Waals surface area contributed by atoms with Crippen molar-refractivity contribution in [1.82, 2.24) is 0 Å². The minimum Gasteiger partial charge on any atom is -0.505 e. The number of benzene rings is 1. The lowest BCUT2D eigenvalue weighted by atomic mass is 10.2. The Morgan fingerprint density at radius 1 is 1.50 bits per heavy atom. The number of fused-ring (bicyclic) bond motifs is 1. The van der Waals surface area contributed by atoms with E-state index >= 15 is 0 Å². The highest BCUT2D eigenvalue weighted by Gasteiger charge is 2.26. The molecule has 0 saturated carbocycles. The second-order valence-corrected chi connectivity index (χ2v) is 5.89. The summed E-state index contributed by atoms with van der Waals surface area (Å²) in [6.07, 6.45) is 0. The summed E-state index contributed by atoms with van der Waals surface area (Å²) in [4.78, 5) is 0. The maximum atomic E-state index is 13.4. The maximum absolute atomic E-state index is 13.4. The fourth-order valence-corrected chi connectivity index (χ4v) is 2.28. The van der Waals surface area contributed by atoms with Gasteiger partial charge in [-0.15, -0.1) is 0 Å². The zero-order valence-corrected chi connectivity index (χ0v) is 9.31. The smallest absolute Gasteiger partial charge is 0.236 e. The van der Waals surface area contributed by atoms with Crippen LogP contribution in [0.25, 0.3) is 0 Å². The monoisotopic (exact) mass is 268 g/mol. The van der Waals surface area contributed by atoms with Crippen LogP contribution in [0.15, 0.2) is 6.07 Å². The summed E-state index contributed by atoms with van der Waals surface area (Å²) >= 11 is 0. The Morgan fingerprint density at radius 3 is 2.81 bits per heavy atom. The predicted molar refractivity (Wildman–Crippen MR) is 52.7 cm³/mol. The molecule has 1 N–H and O–H groups in total. The molecule has 0 unspecified atom stereocenters. The maximum Gasteiger partial charge on any atom is 0.236 e. The first-order chi connectivity index (χ1) is 7.38. The van der Waals surface area contributed by atoms with E-state index in [9.17, 15) is 17.9 Å². The van der Waals surface area contributed by atoms with Crippen LogP contribution in [0, 0.1) is 5.82 Å². The Bertz CT molecular complexity index is 542. The van der Waals surface area contributed by atoms with E-state index in [2.05, 4.69) is 0 Å². The van der Waals surface area contributed by atoms with Crippen LogP contribution in [0.1, 0.15) is 5.56 Å². The Hall–Kier alpha value is -1.21. The van der Waals surface area contributed by atoms with Crippen LogP contribution in [0.3, 0.4) is 0 Å². The van der Waals surface area contributed by atoms with E-state index in [4.69, 9.17) is 20.2 Å². The molecule has 8 heteroatoms. The van der Waals surface area contributed by atoms with Gasteiger partial charge in [-0.2, -0.15) is 4.39 Å². The molecule has 0 bridgehead atoms.